The lowest BCUT2D eigenvalue weighted by Gasteiger charge is -2.26. The van der Waals surface area contributed by atoms with Crippen LogP contribution in [0.3, 0.4) is 0 Å². The van der Waals surface area contributed by atoms with Gasteiger partial charge in [0.05, 0.1) is 11.8 Å². The van der Waals surface area contributed by atoms with Crippen molar-refractivity contribution in [2.75, 3.05) is 0 Å². The number of halogens is 1. The Hall–Kier alpha value is -0.540. The quantitative estimate of drug-likeness (QED) is 0.834. The monoisotopic (exact) mass is 254 g/mol. The van der Waals surface area contributed by atoms with Crippen LogP contribution in [0, 0.1) is 0 Å². The Labute approximate surface area is 107 Å². The van der Waals surface area contributed by atoms with Gasteiger partial charge in [0.2, 0.25) is 0 Å². The lowest BCUT2D eigenvalue weighted by atomic mass is 9.88. The van der Waals surface area contributed by atoms with Gasteiger partial charge in [-0.3, -0.25) is 0 Å². The van der Waals surface area contributed by atoms with E-state index in [1.807, 2.05) is 0 Å². The third-order valence-electron chi connectivity index (χ3n) is 4.14. The third-order valence-corrected chi connectivity index (χ3v) is 4.41. The van der Waals surface area contributed by atoms with Crippen molar-refractivity contribution in [2.45, 2.75) is 63.5 Å². The second-order valence-corrected chi connectivity index (χ2v) is 5.65. The van der Waals surface area contributed by atoms with Gasteiger partial charge in [-0.2, -0.15) is 0 Å². The van der Waals surface area contributed by atoms with Crippen LogP contribution >= 0.6 is 11.6 Å². The highest BCUT2D eigenvalue weighted by molar-refractivity contribution is 6.30. The summed E-state index contributed by atoms with van der Waals surface area (Å²) >= 11 is 6.19. The van der Waals surface area contributed by atoms with Crippen LogP contribution < -0.4 is 0 Å². The number of rotatable bonds is 1. The highest BCUT2D eigenvalue weighted by Gasteiger charge is 2.29. The van der Waals surface area contributed by atoms with Gasteiger partial charge in [0.1, 0.15) is 5.82 Å². The summed E-state index contributed by atoms with van der Waals surface area (Å²) < 4.78 is 2.19. The van der Waals surface area contributed by atoms with Crippen molar-refractivity contribution in [1.82, 2.24) is 9.55 Å². The molecular weight excluding hydrogens is 236 g/mol. The van der Waals surface area contributed by atoms with Gasteiger partial charge in [-0.1, -0.05) is 30.9 Å². The molecule has 0 bridgehead atoms. The molecule has 3 nitrogen and oxygen atoms in total. The van der Waals surface area contributed by atoms with E-state index in [1.165, 1.54) is 32.1 Å². The molecule has 2 heterocycles. The Morgan fingerprint density at radius 1 is 1.12 bits per heavy atom. The zero-order chi connectivity index (χ0) is 11.8. The van der Waals surface area contributed by atoms with Gasteiger partial charge in [-0.05, 0) is 25.7 Å². The van der Waals surface area contributed by atoms with Crippen LogP contribution in [0.15, 0.2) is 0 Å². The van der Waals surface area contributed by atoms with Crippen LogP contribution in [0.2, 0.25) is 5.15 Å². The van der Waals surface area contributed by atoms with Crippen molar-refractivity contribution in [3.63, 3.8) is 0 Å². The number of hydrogen-bond acceptors (Lipinski definition) is 2. The smallest absolute Gasteiger partial charge is 0.153 e. The lowest BCUT2D eigenvalue weighted by molar-refractivity contribution is 0.137. The van der Waals surface area contributed by atoms with Gasteiger partial charge >= 0.3 is 0 Å². The van der Waals surface area contributed by atoms with Crippen LogP contribution in [0.1, 0.15) is 68.5 Å². The molecule has 2 aliphatic rings. The van der Waals surface area contributed by atoms with E-state index < -0.39 is 6.10 Å². The van der Waals surface area contributed by atoms with Crippen LogP contribution in [-0.2, 0) is 6.54 Å². The fourth-order valence-electron chi connectivity index (χ4n) is 3.26. The Kier molecular flexibility index (Phi) is 3.14. The summed E-state index contributed by atoms with van der Waals surface area (Å²) in [7, 11) is 0. The number of aliphatic hydroxyl groups excluding tert-OH is 1. The minimum absolute atomic E-state index is 0.416. The zero-order valence-corrected chi connectivity index (χ0v) is 10.8. The van der Waals surface area contributed by atoms with Crippen molar-refractivity contribution >= 4 is 11.6 Å². The highest BCUT2D eigenvalue weighted by Crippen LogP contribution is 2.38. The fourth-order valence-corrected chi connectivity index (χ4v) is 3.57. The SMILES string of the molecule is OC1CCCn2c(C3CCCCC3)nc(Cl)c21. The van der Waals surface area contributed by atoms with Crippen molar-refractivity contribution < 1.29 is 5.11 Å². The first-order valence-corrected chi connectivity index (χ1v) is 7.09. The van der Waals surface area contributed by atoms with E-state index >= 15 is 0 Å². The highest BCUT2D eigenvalue weighted by atomic mass is 35.5. The Bertz CT molecular complexity index is 410. The zero-order valence-electron chi connectivity index (χ0n) is 10.0. The maximum Gasteiger partial charge on any atom is 0.153 e. The molecule has 0 aromatic carbocycles. The lowest BCUT2D eigenvalue weighted by Crippen LogP contribution is -2.19. The average molecular weight is 255 g/mol. The predicted molar refractivity (Wildman–Crippen MR) is 67.3 cm³/mol. The minimum Gasteiger partial charge on any atom is -0.387 e. The molecule has 1 fully saturated rings. The van der Waals surface area contributed by atoms with Gasteiger partial charge in [-0.15, -0.1) is 0 Å². The molecule has 1 aromatic heterocycles. The standard InChI is InChI=1S/C13H19ClN2O/c14-12-11-10(17)7-4-8-16(11)13(15-12)9-5-2-1-3-6-9/h9-10,17H,1-8H2. The van der Waals surface area contributed by atoms with E-state index in [0.717, 1.165) is 30.9 Å². The molecule has 1 aromatic rings. The van der Waals surface area contributed by atoms with E-state index in [-0.39, 0.29) is 0 Å². The molecule has 3 rings (SSSR count). The molecule has 17 heavy (non-hydrogen) atoms. The van der Waals surface area contributed by atoms with E-state index in [9.17, 15) is 5.11 Å². The van der Waals surface area contributed by atoms with Gasteiger partial charge < -0.3 is 9.67 Å². The molecule has 1 unspecified atom stereocenters. The maximum atomic E-state index is 10.0. The van der Waals surface area contributed by atoms with Crippen LogP contribution in [0.5, 0.6) is 0 Å². The van der Waals surface area contributed by atoms with E-state index in [4.69, 9.17) is 11.6 Å². The first kappa shape index (κ1) is 11.5. The van der Waals surface area contributed by atoms with Crippen molar-refractivity contribution in [3.8, 4) is 0 Å². The molecule has 1 saturated carbocycles. The third kappa shape index (κ3) is 2.00. The molecule has 1 aliphatic carbocycles. The van der Waals surface area contributed by atoms with Gasteiger partial charge in [-0.25, -0.2) is 4.98 Å². The Morgan fingerprint density at radius 3 is 2.65 bits per heavy atom. The van der Waals surface area contributed by atoms with Gasteiger partial charge in [0.25, 0.3) is 0 Å². The van der Waals surface area contributed by atoms with Crippen molar-refractivity contribution in [1.29, 1.82) is 0 Å². The first-order valence-electron chi connectivity index (χ1n) is 6.71. The van der Waals surface area contributed by atoms with Crippen molar-refractivity contribution in [2.24, 2.45) is 0 Å². The topological polar surface area (TPSA) is 38.0 Å². The molecule has 94 valence electrons. The molecule has 1 atom stereocenters. The summed E-state index contributed by atoms with van der Waals surface area (Å²) in [6.07, 6.45) is 7.82. The number of nitrogens with zero attached hydrogens (tertiary/aromatic N) is 2. The molecule has 1 N–H and O–H groups in total. The number of hydrogen-bond donors (Lipinski definition) is 1. The van der Waals surface area contributed by atoms with Gasteiger partial charge in [0.15, 0.2) is 5.15 Å². The molecule has 0 saturated heterocycles. The number of aliphatic hydroxyl groups is 1. The summed E-state index contributed by atoms with van der Waals surface area (Å²) in [6.45, 7) is 0.970. The summed E-state index contributed by atoms with van der Waals surface area (Å²) in [6, 6.07) is 0. The van der Waals surface area contributed by atoms with Crippen LogP contribution in [0.25, 0.3) is 0 Å². The number of fused-ring (bicyclic) bond motifs is 1. The average Bonchev–Trinajstić information content (AvgIpc) is 2.69. The summed E-state index contributed by atoms with van der Waals surface area (Å²) in [5, 5.41) is 10.5. The minimum atomic E-state index is -0.416. The second-order valence-electron chi connectivity index (χ2n) is 5.29. The maximum absolute atomic E-state index is 10.0. The van der Waals surface area contributed by atoms with E-state index in [2.05, 4.69) is 9.55 Å². The predicted octanol–water partition coefficient (Wildman–Crippen LogP) is 3.41. The molecule has 0 amide bonds. The number of imidazole rings is 1. The molecule has 0 radical (unpaired) electrons. The van der Waals surface area contributed by atoms with Crippen LogP contribution in [-0.4, -0.2) is 14.7 Å². The van der Waals surface area contributed by atoms with Gasteiger partial charge in [0, 0.05) is 12.5 Å². The number of aromatic nitrogens is 2. The van der Waals surface area contributed by atoms with E-state index in [0.29, 0.717) is 11.1 Å². The molecule has 1 aliphatic heterocycles. The normalized spacial score (nSPS) is 25.9. The summed E-state index contributed by atoms with van der Waals surface area (Å²) in [4.78, 5) is 4.53. The Morgan fingerprint density at radius 2 is 1.88 bits per heavy atom. The first-order chi connectivity index (χ1) is 8.27. The largest absolute Gasteiger partial charge is 0.387 e. The van der Waals surface area contributed by atoms with Crippen LogP contribution in [0.4, 0.5) is 0 Å². The molecule has 4 heteroatoms. The fraction of sp³-hybridized carbons (Fsp3) is 0.769. The van der Waals surface area contributed by atoms with E-state index in [1.54, 1.807) is 0 Å². The van der Waals surface area contributed by atoms with Crippen molar-refractivity contribution in [3.05, 3.63) is 16.7 Å². The second kappa shape index (κ2) is 4.62. The summed E-state index contributed by atoms with van der Waals surface area (Å²) in [5.74, 6) is 1.68. The molecule has 0 spiro atoms. The Balaban J connectivity index is 1.97. The summed E-state index contributed by atoms with van der Waals surface area (Å²) in [5.41, 5.74) is 0.860. The molecular formula is C13H19ClN2O.